The molecule has 0 aliphatic carbocycles. The van der Waals surface area contributed by atoms with E-state index in [1.165, 1.54) is 0 Å². The minimum atomic E-state index is -0.424. The molecule has 1 fully saturated rings. The predicted octanol–water partition coefficient (Wildman–Crippen LogP) is 2.72. The minimum Gasteiger partial charge on any atom is -0.444 e. The third-order valence-corrected chi connectivity index (χ3v) is 3.84. The van der Waals surface area contributed by atoms with E-state index >= 15 is 0 Å². The van der Waals surface area contributed by atoms with Gasteiger partial charge in [-0.05, 0) is 46.1 Å². The lowest BCUT2D eigenvalue weighted by atomic mass is 10.1. The summed E-state index contributed by atoms with van der Waals surface area (Å²) in [6, 6.07) is 0. The minimum absolute atomic E-state index is 0.190. The van der Waals surface area contributed by atoms with Crippen molar-refractivity contribution in [3.63, 3.8) is 0 Å². The summed E-state index contributed by atoms with van der Waals surface area (Å²) >= 11 is 0. The third-order valence-electron chi connectivity index (χ3n) is 3.84. The maximum atomic E-state index is 12.0. The van der Waals surface area contributed by atoms with Gasteiger partial charge >= 0.3 is 6.09 Å². The maximum Gasteiger partial charge on any atom is 0.410 e. The van der Waals surface area contributed by atoms with E-state index < -0.39 is 5.60 Å². The first-order chi connectivity index (χ1) is 10.9. The van der Waals surface area contributed by atoms with E-state index in [1.807, 2.05) is 38.1 Å². The highest BCUT2D eigenvalue weighted by Crippen LogP contribution is 2.21. The number of ether oxygens (including phenoxy) is 1. The Hall–Kier alpha value is -1.82. The Kier molecular flexibility index (Phi) is 5.82. The lowest BCUT2D eigenvalue weighted by molar-refractivity contribution is 0.0287. The Morgan fingerprint density at radius 3 is 3.00 bits per heavy atom. The number of carbonyl (C=O) groups excluding carboxylic acids is 1. The summed E-state index contributed by atoms with van der Waals surface area (Å²) in [4.78, 5) is 13.8. The molecule has 0 saturated carbocycles. The van der Waals surface area contributed by atoms with Gasteiger partial charge in [0.05, 0.1) is 6.20 Å². The van der Waals surface area contributed by atoms with E-state index in [0.29, 0.717) is 5.92 Å². The van der Waals surface area contributed by atoms with Gasteiger partial charge in [-0.3, -0.25) is 0 Å². The molecule has 6 nitrogen and oxygen atoms in total. The largest absolute Gasteiger partial charge is 0.444 e. The lowest BCUT2D eigenvalue weighted by Gasteiger charge is -2.24. The summed E-state index contributed by atoms with van der Waals surface area (Å²) < 4.78 is 7.12. The summed E-state index contributed by atoms with van der Waals surface area (Å²) in [5, 5.41) is 7.58. The van der Waals surface area contributed by atoms with E-state index in [2.05, 4.69) is 17.0 Å². The number of nitrogens with zero attached hydrogens (tertiary/aromatic N) is 3. The van der Waals surface area contributed by atoms with Crippen molar-refractivity contribution < 1.29 is 9.53 Å². The molecule has 0 aromatic carbocycles. The van der Waals surface area contributed by atoms with Crippen molar-refractivity contribution in [2.24, 2.45) is 5.92 Å². The number of nitrogens with one attached hydrogen (secondary N) is 1. The second kappa shape index (κ2) is 7.64. The molecule has 1 aliphatic heterocycles. The Balaban J connectivity index is 1.64. The van der Waals surface area contributed by atoms with Crippen molar-refractivity contribution in [2.75, 3.05) is 19.6 Å². The van der Waals surface area contributed by atoms with Crippen LogP contribution in [0, 0.1) is 5.92 Å². The number of hydrogen-bond acceptors (Lipinski definition) is 4. The summed E-state index contributed by atoms with van der Waals surface area (Å²) in [5.74, 6) is 0.547. The monoisotopic (exact) mass is 320 g/mol. The molecule has 0 spiro atoms. The number of aromatic nitrogens is 2. The normalized spacial score (nSPS) is 18.2. The van der Waals surface area contributed by atoms with Crippen LogP contribution in [-0.4, -0.2) is 46.0 Å². The Bertz CT molecular complexity index is 533. The standard InChI is InChI=1S/C17H28N4O2/c1-5-21-13-15(11-19-21)10-18-8-6-14-7-9-20(12-14)16(22)23-17(2,3)4/h5,11,13-14,18H,1,6-10,12H2,2-4H3. The van der Waals surface area contributed by atoms with Gasteiger partial charge < -0.3 is 15.0 Å². The SMILES string of the molecule is C=Cn1cc(CNCCC2CCN(C(=O)OC(C)(C)C)C2)cn1. The highest BCUT2D eigenvalue weighted by atomic mass is 16.6. The van der Waals surface area contributed by atoms with Gasteiger partial charge in [-0.25, -0.2) is 9.48 Å². The zero-order chi connectivity index (χ0) is 16.9. The predicted molar refractivity (Wildman–Crippen MR) is 90.9 cm³/mol. The number of likely N-dealkylation sites (tertiary alicyclic amines) is 1. The van der Waals surface area contributed by atoms with Gasteiger partial charge in [-0.1, -0.05) is 6.58 Å². The van der Waals surface area contributed by atoms with Crippen LogP contribution in [0.3, 0.4) is 0 Å². The van der Waals surface area contributed by atoms with Gasteiger partial charge in [0, 0.05) is 37.6 Å². The van der Waals surface area contributed by atoms with Crippen LogP contribution in [0.1, 0.15) is 39.2 Å². The van der Waals surface area contributed by atoms with Crippen LogP contribution in [0.5, 0.6) is 0 Å². The molecule has 1 aromatic rings. The average Bonchev–Trinajstić information content (AvgIpc) is 3.11. The van der Waals surface area contributed by atoms with Crippen LogP contribution in [0.15, 0.2) is 19.0 Å². The Morgan fingerprint density at radius 1 is 1.57 bits per heavy atom. The zero-order valence-electron chi connectivity index (χ0n) is 14.4. The van der Waals surface area contributed by atoms with Crippen LogP contribution in [0.25, 0.3) is 6.20 Å². The molecule has 6 heteroatoms. The maximum absolute atomic E-state index is 12.0. The van der Waals surface area contributed by atoms with E-state index in [9.17, 15) is 4.79 Å². The molecule has 1 aromatic heterocycles. The van der Waals surface area contributed by atoms with Crippen molar-refractivity contribution in [2.45, 2.75) is 45.8 Å². The highest BCUT2D eigenvalue weighted by molar-refractivity contribution is 5.68. The van der Waals surface area contributed by atoms with E-state index in [-0.39, 0.29) is 6.09 Å². The number of carbonyl (C=O) groups is 1. The molecule has 0 bridgehead atoms. The molecule has 1 amide bonds. The van der Waals surface area contributed by atoms with Gasteiger partial charge in [0.1, 0.15) is 5.60 Å². The molecule has 1 aliphatic rings. The van der Waals surface area contributed by atoms with Gasteiger partial charge in [0.2, 0.25) is 0 Å². The van der Waals surface area contributed by atoms with Crippen molar-refractivity contribution in [3.05, 3.63) is 24.5 Å². The first-order valence-electron chi connectivity index (χ1n) is 8.21. The summed E-state index contributed by atoms with van der Waals surface area (Å²) in [5.41, 5.74) is 0.721. The molecule has 1 unspecified atom stereocenters. The molecular weight excluding hydrogens is 292 g/mol. The van der Waals surface area contributed by atoms with Crippen molar-refractivity contribution in [1.82, 2.24) is 20.0 Å². The summed E-state index contributed by atoms with van der Waals surface area (Å²) in [6.07, 6.45) is 7.40. The first-order valence-corrected chi connectivity index (χ1v) is 8.21. The van der Waals surface area contributed by atoms with Crippen molar-refractivity contribution >= 4 is 12.3 Å². The molecule has 0 radical (unpaired) electrons. The topological polar surface area (TPSA) is 59.4 Å². The Labute approximate surface area is 138 Å². The third kappa shape index (κ3) is 5.71. The lowest BCUT2D eigenvalue weighted by Crippen LogP contribution is -2.35. The average molecular weight is 320 g/mol. The molecule has 23 heavy (non-hydrogen) atoms. The summed E-state index contributed by atoms with van der Waals surface area (Å²) in [6.45, 7) is 12.7. The smallest absolute Gasteiger partial charge is 0.410 e. The van der Waals surface area contributed by atoms with E-state index in [4.69, 9.17) is 4.74 Å². The van der Waals surface area contributed by atoms with Crippen LogP contribution >= 0.6 is 0 Å². The van der Waals surface area contributed by atoms with Gasteiger partial charge in [-0.15, -0.1) is 0 Å². The molecule has 2 rings (SSSR count). The van der Waals surface area contributed by atoms with Gasteiger partial charge in [0.15, 0.2) is 0 Å². The second-order valence-electron chi connectivity index (χ2n) is 7.06. The molecule has 1 atom stereocenters. The van der Waals surface area contributed by atoms with Gasteiger partial charge in [-0.2, -0.15) is 5.10 Å². The first kappa shape index (κ1) is 17.5. The molecule has 128 valence electrons. The zero-order valence-corrected chi connectivity index (χ0v) is 14.4. The fourth-order valence-electron chi connectivity index (χ4n) is 2.67. The number of hydrogen-bond donors (Lipinski definition) is 1. The van der Waals surface area contributed by atoms with Crippen LogP contribution < -0.4 is 5.32 Å². The molecule has 2 heterocycles. The highest BCUT2D eigenvalue weighted by Gasteiger charge is 2.29. The number of rotatable bonds is 6. The van der Waals surface area contributed by atoms with Gasteiger partial charge in [0.25, 0.3) is 0 Å². The molecular formula is C17H28N4O2. The fourth-order valence-corrected chi connectivity index (χ4v) is 2.67. The quantitative estimate of drug-likeness (QED) is 0.819. The second-order valence-corrected chi connectivity index (χ2v) is 7.06. The molecule has 1 N–H and O–H groups in total. The number of amides is 1. The summed E-state index contributed by atoms with van der Waals surface area (Å²) in [7, 11) is 0. The van der Waals surface area contributed by atoms with Crippen LogP contribution in [-0.2, 0) is 11.3 Å². The van der Waals surface area contributed by atoms with Crippen LogP contribution in [0.4, 0.5) is 4.79 Å². The van der Waals surface area contributed by atoms with E-state index in [0.717, 1.165) is 44.6 Å². The van der Waals surface area contributed by atoms with Crippen molar-refractivity contribution in [3.8, 4) is 0 Å². The molecule has 1 saturated heterocycles. The van der Waals surface area contributed by atoms with E-state index in [1.54, 1.807) is 10.9 Å². The Morgan fingerprint density at radius 2 is 2.35 bits per heavy atom. The van der Waals surface area contributed by atoms with Crippen molar-refractivity contribution in [1.29, 1.82) is 0 Å². The van der Waals surface area contributed by atoms with Crippen LogP contribution in [0.2, 0.25) is 0 Å². The fraction of sp³-hybridized carbons (Fsp3) is 0.647.